The van der Waals surface area contributed by atoms with Gasteiger partial charge in [-0.25, -0.2) is 0 Å². The number of nitrogens with zero attached hydrogens (tertiary/aromatic N) is 1. The van der Waals surface area contributed by atoms with Crippen LogP contribution in [0.3, 0.4) is 0 Å². The number of carbonyl (C=O) groups excluding carboxylic acids is 1. The minimum Gasteiger partial charge on any atom is -0.397 e. The molecule has 1 aliphatic heterocycles. The number of nitrogens with one attached hydrogen (secondary N) is 1. The average molecular weight is 291 g/mol. The first kappa shape index (κ1) is 15.8. The second-order valence-corrected chi connectivity index (χ2v) is 5.92. The van der Waals surface area contributed by atoms with Crippen LogP contribution in [0, 0.1) is 0 Å². The van der Waals surface area contributed by atoms with Crippen LogP contribution in [0.15, 0.2) is 24.3 Å². The molecule has 5 heteroatoms. The van der Waals surface area contributed by atoms with Gasteiger partial charge in [-0.2, -0.15) is 0 Å². The maximum absolute atomic E-state index is 12.0. The van der Waals surface area contributed by atoms with Gasteiger partial charge in [0.05, 0.1) is 17.0 Å². The van der Waals surface area contributed by atoms with Crippen LogP contribution in [-0.2, 0) is 9.53 Å². The zero-order valence-electron chi connectivity index (χ0n) is 12.9. The second kappa shape index (κ2) is 6.91. The quantitative estimate of drug-likeness (QED) is 0.815. The molecule has 1 saturated heterocycles. The van der Waals surface area contributed by atoms with E-state index in [2.05, 4.69) is 17.1 Å². The monoisotopic (exact) mass is 291 g/mol. The molecule has 0 radical (unpaired) electrons. The Hall–Kier alpha value is -1.59. The van der Waals surface area contributed by atoms with Crippen LogP contribution in [0.1, 0.15) is 26.2 Å². The third kappa shape index (κ3) is 4.44. The highest BCUT2D eigenvalue weighted by Crippen LogP contribution is 2.24. The second-order valence-electron chi connectivity index (χ2n) is 5.92. The van der Waals surface area contributed by atoms with E-state index in [1.54, 1.807) is 13.2 Å². The van der Waals surface area contributed by atoms with Crippen molar-refractivity contribution in [3.8, 4) is 0 Å². The Morgan fingerprint density at radius 3 is 2.95 bits per heavy atom. The number of benzene rings is 1. The third-order valence-electron chi connectivity index (χ3n) is 4.12. The standard InChI is InChI=1S/C16H25N3O2/c1-16(21-2)9-5-10-19(12-16)11-8-15(20)18-14-7-4-3-6-13(14)17/h3-4,6-7H,5,8-12,17H2,1-2H3,(H,18,20). The molecule has 2 rings (SSSR count). The molecule has 1 amide bonds. The third-order valence-corrected chi connectivity index (χ3v) is 4.12. The van der Waals surface area contributed by atoms with Gasteiger partial charge >= 0.3 is 0 Å². The first-order valence-electron chi connectivity index (χ1n) is 7.44. The smallest absolute Gasteiger partial charge is 0.225 e. The summed E-state index contributed by atoms with van der Waals surface area (Å²) in [5.41, 5.74) is 7.01. The number of nitrogens with two attached hydrogens (primary N) is 1. The maximum Gasteiger partial charge on any atom is 0.225 e. The van der Waals surface area contributed by atoms with E-state index in [1.807, 2.05) is 18.2 Å². The molecule has 0 saturated carbocycles. The number of anilines is 2. The zero-order chi connectivity index (χ0) is 15.3. The summed E-state index contributed by atoms with van der Waals surface area (Å²) in [5, 5.41) is 2.86. The number of amides is 1. The van der Waals surface area contributed by atoms with Crippen LogP contribution in [0.4, 0.5) is 11.4 Å². The molecule has 21 heavy (non-hydrogen) atoms. The van der Waals surface area contributed by atoms with Gasteiger partial charge in [0.15, 0.2) is 0 Å². The molecular weight excluding hydrogens is 266 g/mol. The van der Waals surface area contributed by atoms with Crippen LogP contribution in [0.2, 0.25) is 0 Å². The van der Waals surface area contributed by atoms with Crippen LogP contribution < -0.4 is 11.1 Å². The topological polar surface area (TPSA) is 67.6 Å². The Morgan fingerprint density at radius 1 is 1.48 bits per heavy atom. The van der Waals surface area contributed by atoms with Crippen molar-refractivity contribution in [2.24, 2.45) is 0 Å². The first-order chi connectivity index (χ1) is 10.0. The number of piperidine rings is 1. The van der Waals surface area contributed by atoms with Gasteiger partial charge in [-0.3, -0.25) is 9.69 Å². The summed E-state index contributed by atoms with van der Waals surface area (Å²) in [6, 6.07) is 7.31. The molecule has 1 heterocycles. The van der Waals surface area contributed by atoms with Crippen molar-refractivity contribution in [1.82, 2.24) is 4.90 Å². The molecule has 1 atom stereocenters. The van der Waals surface area contributed by atoms with Gasteiger partial charge in [0.1, 0.15) is 0 Å². The van der Waals surface area contributed by atoms with Crippen molar-refractivity contribution in [2.75, 3.05) is 37.8 Å². The molecule has 0 aromatic heterocycles. The number of ether oxygens (including phenoxy) is 1. The van der Waals surface area contributed by atoms with Crippen molar-refractivity contribution in [2.45, 2.75) is 31.8 Å². The Kier molecular flexibility index (Phi) is 5.20. The molecule has 0 spiro atoms. The van der Waals surface area contributed by atoms with Crippen LogP contribution >= 0.6 is 0 Å². The molecule has 0 bridgehead atoms. The predicted octanol–water partition coefficient (Wildman–Crippen LogP) is 2.10. The maximum atomic E-state index is 12.0. The summed E-state index contributed by atoms with van der Waals surface area (Å²) < 4.78 is 5.57. The fraction of sp³-hybridized carbons (Fsp3) is 0.562. The molecule has 3 N–H and O–H groups in total. The molecular formula is C16H25N3O2. The minimum absolute atomic E-state index is 0.00223. The summed E-state index contributed by atoms with van der Waals surface area (Å²) in [4.78, 5) is 14.3. The lowest BCUT2D eigenvalue weighted by molar-refractivity contribution is -0.117. The Balaban J connectivity index is 1.80. The van der Waals surface area contributed by atoms with Gasteiger partial charge in [-0.15, -0.1) is 0 Å². The van der Waals surface area contributed by atoms with Crippen molar-refractivity contribution in [3.05, 3.63) is 24.3 Å². The van der Waals surface area contributed by atoms with Crippen molar-refractivity contribution in [1.29, 1.82) is 0 Å². The summed E-state index contributed by atoms with van der Waals surface area (Å²) >= 11 is 0. The predicted molar refractivity (Wildman–Crippen MR) is 85.2 cm³/mol. The molecule has 1 aromatic rings. The van der Waals surface area contributed by atoms with Crippen molar-refractivity contribution < 1.29 is 9.53 Å². The summed E-state index contributed by atoms with van der Waals surface area (Å²) in [6.07, 6.45) is 2.65. The number of carbonyl (C=O) groups is 1. The highest BCUT2D eigenvalue weighted by molar-refractivity contribution is 5.93. The minimum atomic E-state index is -0.0847. The highest BCUT2D eigenvalue weighted by atomic mass is 16.5. The summed E-state index contributed by atoms with van der Waals surface area (Å²) in [5.74, 6) is -0.00223. The molecule has 116 valence electrons. The molecule has 1 aliphatic rings. The zero-order valence-corrected chi connectivity index (χ0v) is 12.9. The Bertz CT molecular complexity index is 492. The number of hydrogen-bond acceptors (Lipinski definition) is 4. The van der Waals surface area contributed by atoms with E-state index in [0.29, 0.717) is 17.8 Å². The van der Waals surface area contributed by atoms with E-state index in [4.69, 9.17) is 10.5 Å². The van der Waals surface area contributed by atoms with Gasteiger partial charge in [0, 0.05) is 26.6 Å². The first-order valence-corrected chi connectivity index (χ1v) is 7.44. The van der Waals surface area contributed by atoms with Gasteiger partial charge in [0.25, 0.3) is 0 Å². The van der Waals surface area contributed by atoms with Crippen LogP contribution in [-0.4, -0.2) is 43.2 Å². The number of likely N-dealkylation sites (tertiary alicyclic amines) is 1. The molecule has 1 unspecified atom stereocenters. The highest BCUT2D eigenvalue weighted by Gasteiger charge is 2.30. The van der Waals surface area contributed by atoms with Crippen LogP contribution in [0.25, 0.3) is 0 Å². The lowest BCUT2D eigenvalue weighted by Gasteiger charge is -2.39. The average Bonchev–Trinajstić information content (AvgIpc) is 2.48. The van der Waals surface area contributed by atoms with Crippen LogP contribution in [0.5, 0.6) is 0 Å². The fourth-order valence-corrected chi connectivity index (χ4v) is 2.75. The van der Waals surface area contributed by atoms with Gasteiger partial charge < -0.3 is 15.8 Å². The van der Waals surface area contributed by atoms with Gasteiger partial charge in [-0.1, -0.05) is 12.1 Å². The summed E-state index contributed by atoms with van der Waals surface area (Å²) in [6.45, 7) is 4.78. The SMILES string of the molecule is COC1(C)CCCN(CCC(=O)Nc2ccccc2N)C1. The van der Waals surface area contributed by atoms with E-state index in [0.717, 1.165) is 32.5 Å². The molecule has 1 fully saturated rings. The van der Waals surface area contributed by atoms with E-state index in [1.165, 1.54) is 0 Å². The fourth-order valence-electron chi connectivity index (χ4n) is 2.75. The Morgan fingerprint density at radius 2 is 2.24 bits per heavy atom. The lowest BCUT2D eigenvalue weighted by atomic mass is 9.94. The van der Waals surface area contributed by atoms with Gasteiger partial charge in [0.2, 0.25) is 5.91 Å². The molecule has 1 aromatic carbocycles. The van der Waals surface area contributed by atoms with E-state index in [9.17, 15) is 4.79 Å². The van der Waals surface area contributed by atoms with E-state index in [-0.39, 0.29) is 11.5 Å². The number of para-hydroxylation sites is 2. The van der Waals surface area contributed by atoms with Gasteiger partial charge in [-0.05, 0) is 38.4 Å². The van der Waals surface area contributed by atoms with Crippen molar-refractivity contribution >= 4 is 17.3 Å². The van der Waals surface area contributed by atoms with E-state index < -0.39 is 0 Å². The van der Waals surface area contributed by atoms with Crippen molar-refractivity contribution in [3.63, 3.8) is 0 Å². The number of hydrogen-bond donors (Lipinski definition) is 2. The summed E-state index contributed by atoms with van der Waals surface area (Å²) in [7, 11) is 1.76. The number of nitrogen functional groups attached to an aromatic ring is 1. The molecule has 5 nitrogen and oxygen atoms in total. The van der Waals surface area contributed by atoms with E-state index >= 15 is 0 Å². The molecule has 0 aliphatic carbocycles. The largest absolute Gasteiger partial charge is 0.397 e. The normalized spacial score (nSPS) is 23.0. The Labute approximate surface area is 126 Å². The lowest BCUT2D eigenvalue weighted by Crippen LogP contribution is -2.47. The number of methoxy groups -OCH3 is 1. The number of rotatable bonds is 5.